The van der Waals surface area contributed by atoms with E-state index in [1.165, 1.54) is 5.56 Å². The number of nitrogens with one attached hydrogen (secondary N) is 1. The summed E-state index contributed by atoms with van der Waals surface area (Å²) >= 11 is 0. The zero-order valence-electron chi connectivity index (χ0n) is 10.6. The van der Waals surface area contributed by atoms with Crippen LogP contribution in [0, 0.1) is 5.92 Å². The van der Waals surface area contributed by atoms with Gasteiger partial charge in [0.05, 0.1) is 6.10 Å². The molecule has 3 nitrogen and oxygen atoms in total. The number of fused-ring (bicyclic) bond motifs is 1. The van der Waals surface area contributed by atoms with Gasteiger partial charge in [0, 0.05) is 31.5 Å². The predicted octanol–water partition coefficient (Wildman–Crippen LogP) is 2.36. The maximum absolute atomic E-state index is 10.4. The zero-order valence-corrected chi connectivity index (χ0v) is 10.6. The first-order valence-corrected chi connectivity index (χ1v) is 6.26. The molecule has 0 saturated heterocycles. The summed E-state index contributed by atoms with van der Waals surface area (Å²) in [6.45, 7) is 3.74. The Balaban J connectivity index is 2.14. The van der Waals surface area contributed by atoms with Crippen molar-refractivity contribution >= 4 is 5.69 Å². The largest absolute Gasteiger partial charge is 0.388 e. The average Bonchev–Trinajstić information content (AvgIpc) is 2.82. The Morgan fingerprint density at radius 1 is 1.47 bits per heavy atom. The maximum Gasteiger partial charge on any atom is 0.0836 e. The number of para-hydroxylation sites is 1. The maximum atomic E-state index is 10.4. The molecule has 3 heteroatoms. The molecule has 0 fully saturated rings. The fourth-order valence-corrected chi connectivity index (χ4v) is 2.38. The molecule has 0 radical (unpaired) electrons. The molecule has 1 aliphatic rings. The van der Waals surface area contributed by atoms with Crippen molar-refractivity contribution in [2.75, 3.05) is 25.6 Å². The van der Waals surface area contributed by atoms with E-state index in [1.807, 2.05) is 12.1 Å². The third kappa shape index (κ3) is 2.61. The lowest BCUT2D eigenvalue weighted by Crippen LogP contribution is -2.13. The third-order valence-corrected chi connectivity index (χ3v) is 3.51. The summed E-state index contributed by atoms with van der Waals surface area (Å²) in [5, 5.41) is 13.8. The van der Waals surface area contributed by atoms with E-state index in [-0.39, 0.29) is 5.92 Å². The Kier molecular flexibility index (Phi) is 4.02. The van der Waals surface area contributed by atoms with Gasteiger partial charge in [0.2, 0.25) is 0 Å². The van der Waals surface area contributed by atoms with Gasteiger partial charge in [0.15, 0.2) is 0 Å². The normalized spacial score (nSPS) is 17.4. The van der Waals surface area contributed by atoms with Crippen molar-refractivity contribution in [3.05, 3.63) is 29.3 Å². The predicted molar refractivity (Wildman–Crippen MR) is 69.3 cm³/mol. The molecule has 94 valence electrons. The summed E-state index contributed by atoms with van der Waals surface area (Å²) in [6, 6.07) is 6.18. The molecule has 0 aliphatic carbocycles. The van der Waals surface area contributed by atoms with Crippen molar-refractivity contribution in [1.82, 2.24) is 0 Å². The monoisotopic (exact) mass is 235 g/mol. The van der Waals surface area contributed by atoms with E-state index < -0.39 is 6.10 Å². The second kappa shape index (κ2) is 5.52. The SMILES string of the molecule is COCCC(C)C(O)c1cccc2c1NCC2. The van der Waals surface area contributed by atoms with Crippen LogP contribution in [0.3, 0.4) is 0 Å². The summed E-state index contributed by atoms with van der Waals surface area (Å²) in [6.07, 6.45) is 1.52. The van der Waals surface area contributed by atoms with Crippen molar-refractivity contribution < 1.29 is 9.84 Å². The highest BCUT2D eigenvalue weighted by atomic mass is 16.5. The summed E-state index contributed by atoms with van der Waals surface area (Å²) in [5.41, 5.74) is 3.49. The minimum absolute atomic E-state index is 0.212. The van der Waals surface area contributed by atoms with Crippen molar-refractivity contribution in [1.29, 1.82) is 0 Å². The number of ether oxygens (including phenoxy) is 1. The second-order valence-corrected chi connectivity index (χ2v) is 4.76. The molecule has 2 unspecified atom stereocenters. The number of anilines is 1. The molecular weight excluding hydrogens is 214 g/mol. The van der Waals surface area contributed by atoms with E-state index in [0.29, 0.717) is 6.61 Å². The number of aliphatic hydroxyl groups is 1. The van der Waals surface area contributed by atoms with Gasteiger partial charge in [-0.05, 0) is 24.3 Å². The van der Waals surface area contributed by atoms with Crippen LogP contribution < -0.4 is 5.32 Å². The first-order chi connectivity index (χ1) is 8.24. The number of methoxy groups -OCH3 is 1. The van der Waals surface area contributed by atoms with Crippen LogP contribution in [0.15, 0.2) is 18.2 Å². The first-order valence-electron chi connectivity index (χ1n) is 6.26. The fourth-order valence-electron chi connectivity index (χ4n) is 2.38. The molecule has 1 aromatic rings. The molecule has 2 N–H and O–H groups in total. The Labute approximate surface area is 103 Å². The van der Waals surface area contributed by atoms with Gasteiger partial charge in [-0.1, -0.05) is 25.1 Å². The summed E-state index contributed by atoms with van der Waals surface area (Å²) < 4.78 is 5.06. The molecule has 0 bridgehead atoms. The molecule has 2 atom stereocenters. The van der Waals surface area contributed by atoms with Crippen LogP contribution in [-0.2, 0) is 11.2 Å². The van der Waals surface area contributed by atoms with E-state index >= 15 is 0 Å². The van der Waals surface area contributed by atoms with Crippen molar-refractivity contribution in [2.45, 2.75) is 25.9 Å². The minimum atomic E-state index is -0.411. The van der Waals surface area contributed by atoms with Gasteiger partial charge in [-0.3, -0.25) is 0 Å². The van der Waals surface area contributed by atoms with Crippen LogP contribution in [-0.4, -0.2) is 25.4 Å². The van der Waals surface area contributed by atoms with Gasteiger partial charge in [-0.25, -0.2) is 0 Å². The van der Waals surface area contributed by atoms with Gasteiger partial charge < -0.3 is 15.2 Å². The van der Waals surface area contributed by atoms with Crippen LogP contribution in [0.2, 0.25) is 0 Å². The minimum Gasteiger partial charge on any atom is -0.388 e. The number of hydrogen-bond donors (Lipinski definition) is 2. The van der Waals surface area contributed by atoms with Crippen molar-refractivity contribution in [3.8, 4) is 0 Å². The van der Waals surface area contributed by atoms with Gasteiger partial charge >= 0.3 is 0 Å². The standard InChI is InChI=1S/C14H21NO2/c1-10(7-9-17-2)14(16)12-5-3-4-11-6-8-15-13(11)12/h3-5,10,14-16H,6-9H2,1-2H3. The molecule has 0 amide bonds. The van der Waals surface area contributed by atoms with E-state index in [0.717, 1.165) is 30.6 Å². The smallest absolute Gasteiger partial charge is 0.0836 e. The highest BCUT2D eigenvalue weighted by Crippen LogP contribution is 2.34. The van der Waals surface area contributed by atoms with Crippen LogP contribution in [0.25, 0.3) is 0 Å². The van der Waals surface area contributed by atoms with E-state index in [1.54, 1.807) is 7.11 Å². The Morgan fingerprint density at radius 2 is 2.29 bits per heavy atom. The summed E-state index contributed by atoms with van der Waals surface area (Å²) in [4.78, 5) is 0. The lowest BCUT2D eigenvalue weighted by Gasteiger charge is -2.21. The van der Waals surface area contributed by atoms with Crippen LogP contribution in [0.4, 0.5) is 5.69 Å². The van der Waals surface area contributed by atoms with Crippen molar-refractivity contribution in [3.63, 3.8) is 0 Å². The number of rotatable bonds is 5. The van der Waals surface area contributed by atoms with Gasteiger partial charge in [-0.15, -0.1) is 0 Å². The third-order valence-electron chi connectivity index (χ3n) is 3.51. The Hall–Kier alpha value is -1.06. The van der Waals surface area contributed by atoms with Gasteiger partial charge in [0.1, 0.15) is 0 Å². The Morgan fingerprint density at radius 3 is 3.06 bits per heavy atom. The Bertz CT molecular complexity index is 378. The van der Waals surface area contributed by atoms with E-state index in [4.69, 9.17) is 4.74 Å². The van der Waals surface area contributed by atoms with E-state index in [2.05, 4.69) is 18.3 Å². The highest BCUT2D eigenvalue weighted by molar-refractivity contribution is 5.61. The first kappa shape index (κ1) is 12.4. The molecule has 17 heavy (non-hydrogen) atoms. The fraction of sp³-hybridized carbons (Fsp3) is 0.571. The average molecular weight is 235 g/mol. The molecule has 0 saturated carbocycles. The van der Waals surface area contributed by atoms with E-state index in [9.17, 15) is 5.11 Å². The van der Waals surface area contributed by atoms with Crippen LogP contribution >= 0.6 is 0 Å². The molecule has 2 rings (SSSR count). The molecule has 1 aromatic carbocycles. The topological polar surface area (TPSA) is 41.5 Å². The molecule has 0 aromatic heterocycles. The lowest BCUT2D eigenvalue weighted by molar-refractivity contribution is 0.0891. The number of hydrogen-bond acceptors (Lipinski definition) is 3. The summed E-state index contributed by atoms with van der Waals surface area (Å²) in [5.74, 6) is 0.212. The number of aliphatic hydroxyl groups excluding tert-OH is 1. The highest BCUT2D eigenvalue weighted by Gasteiger charge is 2.22. The van der Waals surface area contributed by atoms with Crippen molar-refractivity contribution in [2.24, 2.45) is 5.92 Å². The molecular formula is C14H21NO2. The quantitative estimate of drug-likeness (QED) is 0.823. The van der Waals surface area contributed by atoms with Crippen LogP contribution in [0.5, 0.6) is 0 Å². The summed E-state index contributed by atoms with van der Waals surface area (Å²) in [7, 11) is 1.70. The molecule has 1 heterocycles. The lowest BCUT2D eigenvalue weighted by atomic mass is 9.92. The molecule has 0 spiro atoms. The van der Waals surface area contributed by atoms with Gasteiger partial charge in [-0.2, -0.15) is 0 Å². The number of benzene rings is 1. The second-order valence-electron chi connectivity index (χ2n) is 4.76. The van der Waals surface area contributed by atoms with Gasteiger partial charge in [0.25, 0.3) is 0 Å². The molecule has 1 aliphatic heterocycles. The van der Waals surface area contributed by atoms with Crippen LogP contribution in [0.1, 0.15) is 30.6 Å². The zero-order chi connectivity index (χ0) is 12.3.